The van der Waals surface area contributed by atoms with Crippen molar-refractivity contribution in [1.29, 1.82) is 0 Å². The van der Waals surface area contributed by atoms with Crippen molar-refractivity contribution in [2.75, 3.05) is 19.0 Å². The summed E-state index contributed by atoms with van der Waals surface area (Å²) in [7, 11) is 1.54. The molecule has 3 aromatic rings. The topological polar surface area (TPSA) is 85.7 Å². The first-order valence-corrected chi connectivity index (χ1v) is 8.41. The summed E-state index contributed by atoms with van der Waals surface area (Å²) in [5.41, 5.74) is 3.46. The molecule has 138 valence electrons. The summed E-state index contributed by atoms with van der Waals surface area (Å²) < 4.78 is 5.20. The molecule has 3 rings (SSSR count). The van der Waals surface area contributed by atoms with Gasteiger partial charge in [0.2, 0.25) is 0 Å². The number of para-hydroxylation sites is 4. The monoisotopic (exact) mass is 364 g/mol. The van der Waals surface area contributed by atoms with Crippen LogP contribution in [0.25, 0.3) is 11.0 Å². The molecule has 0 bridgehead atoms. The molecule has 1 aromatic heterocycles. The Bertz CT molecular complexity index is 1000. The number of rotatable bonds is 5. The lowest BCUT2D eigenvalue weighted by atomic mass is 10.3. The predicted octanol–water partition coefficient (Wildman–Crippen LogP) is 2.73. The third kappa shape index (κ3) is 4.38. The second kappa shape index (κ2) is 8.27. The maximum atomic E-state index is 12.1. The second-order valence-electron chi connectivity index (χ2n) is 5.84. The van der Waals surface area contributed by atoms with Crippen LogP contribution in [-0.2, 0) is 9.63 Å². The molecule has 0 saturated carbocycles. The smallest absolute Gasteiger partial charge is 0.265 e. The predicted molar refractivity (Wildman–Crippen MR) is 102 cm³/mol. The van der Waals surface area contributed by atoms with Gasteiger partial charge in [0.15, 0.2) is 6.61 Å². The summed E-state index contributed by atoms with van der Waals surface area (Å²) in [4.78, 5) is 26.4. The summed E-state index contributed by atoms with van der Waals surface area (Å²) >= 11 is 0. The standard InChI is InChI=1S/C20H20N4O3/c1-13-20(14(2)22-16-9-5-4-8-15(16)21-13)24-27-12-19(25)23-17-10-6-7-11-18(17)26-3/h4-11H,12H2,1-3H3,(H,23,25). The molecule has 0 unspecified atom stereocenters. The number of nitrogens with zero attached hydrogens (tertiary/aromatic N) is 3. The minimum atomic E-state index is -0.343. The highest BCUT2D eigenvalue weighted by molar-refractivity contribution is 5.93. The highest BCUT2D eigenvalue weighted by Gasteiger charge is 2.07. The Kier molecular flexibility index (Phi) is 5.61. The number of benzene rings is 2. The molecule has 1 heterocycles. The molecule has 1 amide bonds. The van der Waals surface area contributed by atoms with Crippen LogP contribution in [0.2, 0.25) is 0 Å². The zero-order valence-electron chi connectivity index (χ0n) is 15.4. The van der Waals surface area contributed by atoms with Gasteiger partial charge in [-0.05, 0) is 38.1 Å². The molecule has 7 nitrogen and oxygen atoms in total. The first kappa shape index (κ1) is 18.3. The largest absolute Gasteiger partial charge is 0.495 e. The molecule has 0 atom stereocenters. The highest BCUT2D eigenvalue weighted by Crippen LogP contribution is 2.22. The number of hydrogen-bond donors (Lipinski definition) is 1. The van der Waals surface area contributed by atoms with Crippen LogP contribution in [0.5, 0.6) is 5.75 Å². The van der Waals surface area contributed by atoms with E-state index >= 15 is 0 Å². The molecule has 2 aromatic carbocycles. The first-order chi connectivity index (χ1) is 13.1. The van der Waals surface area contributed by atoms with Gasteiger partial charge in [0.25, 0.3) is 5.91 Å². The van der Waals surface area contributed by atoms with Crippen molar-refractivity contribution in [2.24, 2.45) is 5.16 Å². The lowest BCUT2D eigenvalue weighted by Gasteiger charge is -2.08. The van der Waals surface area contributed by atoms with E-state index in [2.05, 4.69) is 20.4 Å². The number of ether oxygens (including phenoxy) is 1. The summed E-state index contributed by atoms with van der Waals surface area (Å²) in [5.74, 6) is 0.231. The highest BCUT2D eigenvalue weighted by atomic mass is 16.6. The first-order valence-electron chi connectivity index (χ1n) is 8.41. The fraction of sp³-hybridized carbons (Fsp3) is 0.200. The molecule has 0 spiro atoms. The van der Waals surface area contributed by atoms with E-state index in [4.69, 9.17) is 9.57 Å². The van der Waals surface area contributed by atoms with Gasteiger partial charge in [-0.15, -0.1) is 0 Å². The summed E-state index contributed by atoms with van der Waals surface area (Å²) in [6, 6.07) is 14.7. The minimum Gasteiger partial charge on any atom is -0.495 e. The molecule has 0 radical (unpaired) electrons. The van der Waals surface area contributed by atoms with E-state index < -0.39 is 0 Å². The van der Waals surface area contributed by atoms with Gasteiger partial charge in [-0.25, -0.2) is 9.97 Å². The molecule has 1 N–H and O–H groups in total. The van der Waals surface area contributed by atoms with Crippen LogP contribution in [0.15, 0.2) is 53.7 Å². The van der Waals surface area contributed by atoms with Gasteiger partial charge in [0.05, 0.1) is 35.2 Å². The van der Waals surface area contributed by atoms with Crippen LogP contribution in [0.4, 0.5) is 5.69 Å². The Morgan fingerprint density at radius 2 is 1.59 bits per heavy atom. The maximum absolute atomic E-state index is 12.1. The van der Waals surface area contributed by atoms with Crippen molar-refractivity contribution >= 4 is 22.6 Å². The van der Waals surface area contributed by atoms with Crippen LogP contribution in [0.3, 0.4) is 0 Å². The van der Waals surface area contributed by atoms with E-state index in [-0.39, 0.29) is 12.5 Å². The number of methoxy groups -OCH3 is 1. The van der Waals surface area contributed by atoms with Crippen molar-refractivity contribution in [3.63, 3.8) is 0 Å². The molecule has 7 heteroatoms. The average Bonchev–Trinajstić information content (AvgIpc) is 2.78. The molecule has 0 fully saturated rings. The number of hydrogen-bond acceptors (Lipinski definition) is 6. The number of fused-ring (bicyclic) bond motifs is 1. The third-order valence-electron chi connectivity index (χ3n) is 3.88. The SMILES string of the molecule is COc1ccccc1NC(=O)CON=c1c(C)nc2ccccc2nc1C. The second-order valence-corrected chi connectivity index (χ2v) is 5.84. The Balaban J connectivity index is 1.77. The van der Waals surface area contributed by atoms with Gasteiger partial charge in [-0.2, -0.15) is 0 Å². The quantitative estimate of drug-likeness (QED) is 0.704. The minimum absolute atomic E-state index is 0.241. The molecule has 0 aliphatic rings. The fourth-order valence-corrected chi connectivity index (χ4v) is 2.60. The van der Waals surface area contributed by atoms with E-state index in [1.165, 1.54) is 0 Å². The van der Waals surface area contributed by atoms with Crippen molar-refractivity contribution in [3.8, 4) is 5.75 Å². The molecule has 0 saturated heterocycles. The molecular weight excluding hydrogens is 344 g/mol. The van der Waals surface area contributed by atoms with Crippen LogP contribution in [-0.4, -0.2) is 29.6 Å². The van der Waals surface area contributed by atoms with Gasteiger partial charge in [0, 0.05) is 0 Å². The lowest BCUT2D eigenvalue weighted by Crippen LogP contribution is -2.19. The number of aromatic nitrogens is 2. The number of carbonyl (C=O) groups excluding carboxylic acids is 1. The van der Waals surface area contributed by atoms with Crippen molar-refractivity contribution < 1.29 is 14.4 Å². The maximum Gasteiger partial charge on any atom is 0.265 e. The Hall–Kier alpha value is -3.48. The Labute approximate surface area is 156 Å². The van der Waals surface area contributed by atoms with Crippen molar-refractivity contribution in [3.05, 3.63) is 65.3 Å². The van der Waals surface area contributed by atoms with E-state index in [0.29, 0.717) is 28.2 Å². The van der Waals surface area contributed by atoms with E-state index in [1.54, 1.807) is 19.2 Å². The van der Waals surface area contributed by atoms with Crippen LogP contribution >= 0.6 is 0 Å². The average molecular weight is 364 g/mol. The summed E-state index contributed by atoms with van der Waals surface area (Å²) in [6.07, 6.45) is 0. The van der Waals surface area contributed by atoms with Gasteiger partial charge in [-0.3, -0.25) is 4.79 Å². The Morgan fingerprint density at radius 1 is 1.00 bits per heavy atom. The third-order valence-corrected chi connectivity index (χ3v) is 3.88. The van der Waals surface area contributed by atoms with E-state index in [0.717, 1.165) is 11.0 Å². The van der Waals surface area contributed by atoms with Gasteiger partial charge in [0.1, 0.15) is 11.1 Å². The zero-order valence-corrected chi connectivity index (χ0v) is 15.4. The summed E-state index contributed by atoms with van der Waals surface area (Å²) in [6.45, 7) is 3.42. The molecule has 0 aliphatic carbocycles. The van der Waals surface area contributed by atoms with Gasteiger partial charge >= 0.3 is 0 Å². The zero-order chi connectivity index (χ0) is 19.2. The molecule has 27 heavy (non-hydrogen) atoms. The van der Waals surface area contributed by atoms with E-state index in [9.17, 15) is 4.79 Å². The number of carbonyl (C=O) groups is 1. The number of anilines is 1. The van der Waals surface area contributed by atoms with Crippen LogP contribution in [0.1, 0.15) is 11.4 Å². The number of amides is 1. The van der Waals surface area contributed by atoms with E-state index in [1.807, 2.05) is 50.2 Å². The number of nitrogens with one attached hydrogen (secondary N) is 1. The van der Waals surface area contributed by atoms with Crippen molar-refractivity contribution in [1.82, 2.24) is 9.97 Å². The fourth-order valence-electron chi connectivity index (χ4n) is 2.60. The normalized spacial score (nSPS) is 10.3. The lowest BCUT2D eigenvalue weighted by molar-refractivity contribution is -0.120. The van der Waals surface area contributed by atoms with Gasteiger partial charge in [-0.1, -0.05) is 29.4 Å². The molecular formula is C20H20N4O3. The number of aryl methyl sites for hydroxylation is 2. The molecule has 0 aliphatic heterocycles. The van der Waals surface area contributed by atoms with Crippen molar-refractivity contribution in [2.45, 2.75) is 13.8 Å². The van der Waals surface area contributed by atoms with Crippen LogP contribution in [0, 0.1) is 13.8 Å². The van der Waals surface area contributed by atoms with Crippen LogP contribution < -0.4 is 15.4 Å². The Morgan fingerprint density at radius 3 is 2.22 bits per heavy atom. The van der Waals surface area contributed by atoms with Gasteiger partial charge < -0.3 is 14.9 Å². The summed E-state index contributed by atoms with van der Waals surface area (Å²) in [5, 5.41) is 7.32.